The molecule has 0 atom stereocenters. The van der Waals surface area contributed by atoms with E-state index in [1.807, 2.05) is 24.4 Å². The van der Waals surface area contributed by atoms with Gasteiger partial charge in [0, 0.05) is 17.3 Å². The highest BCUT2D eigenvalue weighted by Crippen LogP contribution is 2.33. The molecule has 7 nitrogen and oxygen atoms in total. The standard InChI is InChI=1S/C18H16N2O5S/c1-9-5-6-26-16(9)10-3-4-11-12(7-10)20(2)18(25)14(15(11)23)17(24)19-8-13(21)22/h3-7,23H,8H2,1-2H3,(H,19,24)(H,21,22). The second kappa shape index (κ2) is 6.64. The Morgan fingerprint density at radius 1 is 1.27 bits per heavy atom. The summed E-state index contributed by atoms with van der Waals surface area (Å²) in [5, 5.41) is 23.5. The Morgan fingerprint density at radius 2 is 2.00 bits per heavy atom. The molecule has 0 saturated carbocycles. The van der Waals surface area contributed by atoms with Gasteiger partial charge in [-0.05, 0) is 41.6 Å². The third kappa shape index (κ3) is 2.95. The number of nitrogens with one attached hydrogen (secondary N) is 1. The second-order valence-corrected chi connectivity index (χ2v) is 6.74. The number of aryl methyl sites for hydroxylation is 2. The molecule has 2 heterocycles. The van der Waals surface area contributed by atoms with E-state index < -0.39 is 35.3 Å². The summed E-state index contributed by atoms with van der Waals surface area (Å²) in [5.74, 6) is -2.63. The summed E-state index contributed by atoms with van der Waals surface area (Å²) in [6, 6.07) is 7.24. The van der Waals surface area contributed by atoms with Crippen molar-refractivity contribution in [2.75, 3.05) is 6.54 Å². The first-order valence-electron chi connectivity index (χ1n) is 7.71. The molecule has 0 aliphatic carbocycles. The lowest BCUT2D eigenvalue weighted by Gasteiger charge is -2.13. The number of benzene rings is 1. The van der Waals surface area contributed by atoms with Gasteiger partial charge in [-0.25, -0.2) is 0 Å². The molecule has 0 unspecified atom stereocenters. The Balaban J connectivity index is 2.17. The van der Waals surface area contributed by atoms with Crippen LogP contribution in [0.2, 0.25) is 0 Å². The summed E-state index contributed by atoms with van der Waals surface area (Å²) in [5.41, 5.74) is 1.32. The van der Waals surface area contributed by atoms with Gasteiger partial charge in [-0.3, -0.25) is 14.4 Å². The summed E-state index contributed by atoms with van der Waals surface area (Å²) in [4.78, 5) is 36.4. The number of fused-ring (bicyclic) bond motifs is 1. The Hall–Kier alpha value is -3.13. The van der Waals surface area contributed by atoms with Crippen molar-refractivity contribution >= 4 is 34.1 Å². The number of carbonyl (C=O) groups is 2. The Morgan fingerprint density at radius 3 is 2.62 bits per heavy atom. The lowest BCUT2D eigenvalue weighted by molar-refractivity contribution is -0.135. The first-order valence-corrected chi connectivity index (χ1v) is 8.59. The van der Waals surface area contributed by atoms with Crippen LogP contribution in [0.15, 0.2) is 34.4 Å². The van der Waals surface area contributed by atoms with Crippen LogP contribution >= 0.6 is 11.3 Å². The van der Waals surface area contributed by atoms with E-state index in [0.717, 1.165) is 16.0 Å². The molecule has 0 radical (unpaired) electrons. The number of rotatable bonds is 4. The lowest BCUT2D eigenvalue weighted by Crippen LogP contribution is -2.35. The van der Waals surface area contributed by atoms with E-state index >= 15 is 0 Å². The lowest BCUT2D eigenvalue weighted by atomic mass is 10.0. The number of hydrogen-bond acceptors (Lipinski definition) is 5. The Labute approximate surface area is 152 Å². The Bertz CT molecular complexity index is 1100. The highest BCUT2D eigenvalue weighted by atomic mass is 32.1. The predicted molar refractivity (Wildman–Crippen MR) is 98.9 cm³/mol. The molecule has 1 amide bonds. The number of amides is 1. The molecule has 2 aromatic heterocycles. The van der Waals surface area contributed by atoms with Crippen LogP contribution in [0.5, 0.6) is 5.75 Å². The number of thiophene rings is 1. The van der Waals surface area contributed by atoms with Gasteiger partial charge in [0.25, 0.3) is 11.5 Å². The zero-order valence-electron chi connectivity index (χ0n) is 14.1. The van der Waals surface area contributed by atoms with Crippen molar-refractivity contribution in [3.63, 3.8) is 0 Å². The minimum atomic E-state index is -1.24. The van der Waals surface area contributed by atoms with E-state index in [0.29, 0.717) is 10.9 Å². The monoisotopic (exact) mass is 372 g/mol. The molecule has 0 saturated heterocycles. The van der Waals surface area contributed by atoms with Crippen molar-refractivity contribution in [1.82, 2.24) is 9.88 Å². The zero-order valence-corrected chi connectivity index (χ0v) is 14.9. The zero-order chi connectivity index (χ0) is 19.0. The fraction of sp³-hybridized carbons (Fsp3) is 0.167. The van der Waals surface area contributed by atoms with Crippen molar-refractivity contribution in [2.24, 2.45) is 7.05 Å². The van der Waals surface area contributed by atoms with Crippen LogP contribution in [0, 0.1) is 6.92 Å². The molecular formula is C18H16N2O5S. The number of carboxylic acids is 1. The van der Waals surface area contributed by atoms with Crippen molar-refractivity contribution in [1.29, 1.82) is 0 Å². The smallest absolute Gasteiger partial charge is 0.322 e. The highest BCUT2D eigenvalue weighted by Gasteiger charge is 2.22. The van der Waals surface area contributed by atoms with Crippen molar-refractivity contribution < 1.29 is 19.8 Å². The molecule has 1 aromatic carbocycles. The van der Waals surface area contributed by atoms with Crippen LogP contribution in [0.25, 0.3) is 21.3 Å². The minimum absolute atomic E-state index is 0.338. The number of pyridine rings is 1. The number of carbonyl (C=O) groups excluding carboxylic acids is 1. The van der Waals surface area contributed by atoms with Gasteiger partial charge in [0.1, 0.15) is 17.9 Å². The number of hydrogen-bond donors (Lipinski definition) is 3. The minimum Gasteiger partial charge on any atom is -0.506 e. The molecular weight excluding hydrogens is 356 g/mol. The summed E-state index contributed by atoms with van der Waals surface area (Å²) < 4.78 is 1.27. The number of aromatic hydroxyl groups is 1. The Kier molecular flexibility index (Phi) is 4.52. The number of carboxylic acid groups (broad SMARTS) is 1. The largest absolute Gasteiger partial charge is 0.506 e. The molecule has 3 aromatic rings. The van der Waals surface area contributed by atoms with E-state index in [1.54, 1.807) is 23.5 Å². The van der Waals surface area contributed by atoms with Crippen LogP contribution in [0.4, 0.5) is 0 Å². The molecule has 0 aliphatic heterocycles. The first kappa shape index (κ1) is 17.7. The normalized spacial score (nSPS) is 10.8. The molecule has 3 N–H and O–H groups in total. The predicted octanol–water partition coefficient (Wildman–Crippen LogP) is 2.10. The van der Waals surface area contributed by atoms with Gasteiger partial charge < -0.3 is 20.1 Å². The summed E-state index contributed by atoms with van der Waals surface area (Å²) in [6.07, 6.45) is 0. The first-order chi connectivity index (χ1) is 12.3. The second-order valence-electron chi connectivity index (χ2n) is 5.83. The topological polar surface area (TPSA) is 109 Å². The van der Waals surface area contributed by atoms with Crippen molar-refractivity contribution in [2.45, 2.75) is 6.92 Å². The molecule has 0 spiro atoms. The molecule has 0 bridgehead atoms. The van der Waals surface area contributed by atoms with Gasteiger partial charge in [0.15, 0.2) is 0 Å². The van der Waals surface area contributed by atoms with E-state index in [-0.39, 0.29) is 0 Å². The summed E-state index contributed by atoms with van der Waals surface area (Å²) >= 11 is 1.57. The summed E-state index contributed by atoms with van der Waals surface area (Å²) in [7, 11) is 1.50. The van der Waals surface area contributed by atoms with Gasteiger partial charge in [0.05, 0.1) is 5.52 Å². The van der Waals surface area contributed by atoms with E-state index in [4.69, 9.17) is 5.11 Å². The molecule has 0 aliphatic rings. The maximum Gasteiger partial charge on any atom is 0.322 e. The molecule has 134 valence electrons. The highest BCUT2D eigenvalue weighted by molar-refractivity contribution is 7.13. The van der Waals surface area contributed by atoms with Crippen LogP contribution in [0.3, 0.4) is 0 Å². The number of nitrogens with zero attached hydrogens (tertiary/aromatic N) is 1. The quantitative estimate of drug-likeness (QED) is 0.650. The maximum atomic E-state index is 12.6. The van der Waals surface area contributed by atoms with Crippen molar-refractivity contribution in [3.05, 3.63) is 51.1 Å². The van der Waals surface area contributed by atoms with Crippen LogP contribution < -0.4 is 10.9 Å². The van der Waals surface area contributed by atoms with E-state index in [9.17, 15) is 19.5 Å². The average Bonchev–Trinajstić information content (AvgIpc) is 3.03. The van der Waals surface area contributed by atoms with Crippen LogP contribution in [0.1, 0.15) is 15.9 Å². The fourth-order valence-electron chi connectivity index (χ4n) is 2.78. The van der Waals surface area contributed by atoms with Gasteiger partial charge >= 0.3 is 5.97 Å². The number of aliphatic carboxylic acids is 1. The average molecular weight is 372 g/mol. The fourth-order valence-corrected chi connectivity index (χ4v) is 3.71. The van der Waals surface area contributed by atoms with Gasteiger partial charge in [-0.15, -0.1) is 11.3 Å². The third-order valence-electron chi connectivity index (χ3n) is 4.12. The van der Waals surface area contributed by atoms with E-state index in [2.05, 4.69) is 5.32 Å². The molecule has 26 heavy (non-hydrogen) atoms. The number of aromatic nitrogens is 1. The van der Waals surface area contributed by atoms with E-state index in [1.165, 1.54) is 11.6 Å². The summed E-state index contributed by atoms with van der Waals surface area (Å²) in [6.45, 7) is 1.35. The molecule has 0 fully saturated rings. The molecule has 3 rings (SSSR count). The van der Waals surface area contributed by atoms with Crippen LogP contribution in [-0.4, -0.2) is 33.2 Å². The van der Waals surface area contributed by atoms with Gasteiger partial charge in [-0.1, -0.05) is 6.07 Å². The SMILES string of the molecule is Cc1ccsc1-c1ccc2c(O)c(C(=O)NCC(=O)O)c(=O)n(C)c2c1. The third-order valence-corrected chi connectivity index (χ3v) is 5.19. The molecule has 8 heteroatoms. The van der Waals surface area contributed by atoms with Crippen LogP contribution in [-0.2, 0) is 11.8 Å². The van der Waals surface area contributed by atoms with Gasteiger partial charge in [-0.2, -0.15) is 0 Å². The maximum absolute atomic E-state index is 12.6. The van der Waals surface area contributed by atoms with Gasteiger partial charge in [0.2, 0.25) is 0 Å². The van der Waals surface area contributed by atoms with Crippen molar-refractivity contribution in [3.8, 4) is 16.2 Å².